The lowest BCUT2D eigenvalue weighted by molar-refractivity contribution is 0.152. The van der Waals surface area contributed by atoms with Crippen LogP contribution in [0.3, 0.4) is 0 Å². The zero-order chi connectivity index (χ0) is 13.2. The lowest BCUT2D eigenvalue weighted by Gasteiger charge is -2.07. The lowest BCUT2D eigenvalue weighted by atomic mass is 10.1. The average Bonchev–Trinajstić information content (AvgIpc) is 2.35. The molecule has 0 unspecified atom stereocenters. The van der Waals surface area contributed by atoms with Crippen molar-refractivity contribution < 1.29 is 14.3 Å². The molecule has 0 saturated heterocycles. The molecule has 18 heavy (non-hydrogen) atoms. The molecule has 1 amide bonds. The number of carbonyl (C=O) groups is 1. The molecule has 5 heteroatoms. The van der Waals surface area contributed by atoms with E-state index in [2.05, 4.69) is 4.74 Å². The summed E-state index contributed by atoms with van der Waals surface area (Å²) in [6, 6.07) is 7.90. The van der Waals surface area contributed by atoms with Crippen LogP contribution < -0.4 is 16.2 Å². The van der Waals surface area contributed by atoms with Crippen LogP contribution in [0.4, 0.5) is 4.79 Å². The van der Waals surface area contributed by atoms with Gasteiger partial charge in [-0.2, -0.15) is 0 Å². The summed E-state index contributed by atoms with van der Waals surface area (Å²) < 4.78 is 10.2. The third kappa shape index (κ3) is 6.10. The normalized spacial score (nSPS) is 10.1. The van der Waals surface area contributed by atoms with E-state index in [9.17, 15) is 4.79 Å². The predicted octanol–water partition coefficient (Wildman–Crippen LogP) is 1.44. The molecule has 0 aliphatic rings. The van der Waals surface area contributed by atoms with Crippen LogP contribution >= 0.6 is 0 Å². The Morgan fingerprint density at radius 1 is 1.11 bits per heavy atom. The molecule has 1 rings (SSSR count). The van der Waals surface area contributed by atoms with Crippen LogP contribution in [0, 0.1) is 0 Å². The van der Waals surface area contributed by atoms with Gasteiger partial charge >= 0.3 is 6.09 Å². The fourth-order valence-corrected chi connectivity index (χ4v) is 1.49. The number of ether oxygens (including phenoxy) is 2. The van der Waals surface area contributed by atoms with Crippen molar-refractivity contribution in [3.8, 4) is 5.75 Å². The van der Waals surface area contributed by atoms with Crippen LogP contribution in [0.2, 0.25) is 0 Å². The van der Waals surface area contributed by atoms with Gasteiger partial charge in [-0.05, 0) is 43.5 Å². The number of rotatable bonds is 8. The molecule has 0 aliphatic heterocycles. The third-order valence-corrected chi connectivity index (χ3v) is 2.41. The Balaban J connectivity index is 2.13. The van der Waals surface area contributed by atoms with Crippen molar-refractivity contribution in [3.63, 3.8) is 0 Å². The van der Waals surface area contributed by atoms with Gasteiger partial charge in [0, 0.05) is 0 Å². The quantitative estimate of drug-likeness (QED) is 0.685. The highest BCUT2D eigenvalue weighted by molar-refractivity contribution is 5.64. The standard InChI is InChI=1S/C13H20N2O3/c14-8-7-11-3-5-12(6-4-11)17-9-1-2-10-18-13(15)16/h3-6H,1-2,7-10,14H2,(H2,15,16). The molecule has 100 valence electrons. The molecule has 0 aliphatic carbocycles. The van der Waals surface area contributed by atoms with Gasteiger partial charge in [0.05, 0.1) is 13.2 Å². The molecular formula is C13H20N2O3. The molecule has 1 aromatic rings. The molecule has 0 aromatic heterocycles. The van der Waals surface area contributed by atoms with Gasteiger partial charge in [0.25, 0.3) is 0 Å². The summed E-state index contributed by atoms with van der Waals surface area (Å²) in [5.74, 6) is 0.839. The summed E-state index contributed by atoms with van der Waals surface area (Å²) >= 11 is 0. The summed E-state index contributed by atoms with van der Waals surface area (Å²) in [6.07, 6.45) is 1.71. The molecule has 0 bridgehead atoms. The molecule has 0 spiro atoms. The molecule has 1 aromatic carbocycles. The Morgan fingerprint density at radius 3 is 2.39 bits per heavy atom. The van der Waals surface area contributed by atoms with Gasteiger partial charge in [-0.15, -0.1) is 0 Å². The number of benzene rings is 1. The fraction of sp³-hybridized carbons (Fsp3) is 0.462. The fourth-order valence-electron chi connectivity index (χ4n) is 1.49. The van der Waals surface area contributed by atoms with Crippen molar-refractivity contribution in [2.24, 2.45) is 11.5 Å². The maximum Gasteiger partial charge on any atom is 0.404 e. The summed E-state index contributed by atoms with van der Waals surface area (Å²) in [6.45, 7) is 1.59. The van der Waals surface area contributed by atoms with Crippen LogP contribution in [-0.4, -0.2) is 25.9 Å². The molecule has 0 radical (unpaired) electrons. The minimum absolute atomic E-state index is 0.341. The number of carbonyl (C=O) groups excluding carboxylic acids is 1. The predicted molar refractivity (Wildman–Crippen MR) is 69.5 cm³/mol. The average molecular weight is 252 g/mol. The Morgan fingerprint density at radius 2 is 1.78 bits per heavy atom. The highest BCUT2D eigenvalue weighted by Gasteiger charge is 1.97. The molecule has 0 fully saturated rings. The molecule has 5 nitrogen and oxygen atoms in total. The van der Waals surface area contributed by atoms with Gasteiger partial charge in [0.2, 0.25) is 0 Å². The van der Waals surface area contributed by atoms with Crippen LogP contribution in [0.25, 0.3) is 0 Å². The summed E-state index contributed by atoms with van der Waals surface area (Å²) in [7, 11) is 0. The Kier molecular flexibility index (Phi) is 6.64. The first-order valence-corrected chi connectivity index (χ1v) is 6.06. The molecule has 4 N–H and O–H groups in total. The Hall–Kier alpha value is -1.75. The van der Waals surface area contributed by atoms with E-state index in [0.717, 1.165) is 25.0 Å². The van der Waals surface area contributed by atoms with Crippen LogP contribution in [0.15, 0.2) is 24.3 Å². The number of unbranched alkanes of at least 4 members (excludes halogenated alkanes) is 1. The van der Waals surface area contributed by atoms with Gasteiger partial charge in [0.1, 0.15) is 5.75 Å². The maximum absolute atomic E-state index is 10.3. The van der Waals surface area contributed by atoms with E-state index in [4.69, 9.17) is 16.2 Å². The lowest BCUT2D eigenvalue weighted by Crippen LogP contribution is -2.14. The largest absolute Gasteiger partial charge is 0.494 e. The second kappa shape index (κ2) is 8.36. The van der Waals surface area contributed by atoms with Crippen LogP contribution in [0.1, 0.15) is 18.4 Å². The van der Waals surface area contributed by atoms with Gasteiger partial charge in [-0.25, -0.2) is 4.79 Å². The molecule has 0 atom stereocenters. The van der Waals surface area contributed by atoms with Crippen molar-refractivity contribution >= 4 is 6.09 Å². The third-order valence-electron chi connectivity index (χ3n) is 2.41. The second-order valence-corrected chi connectivity index (χ2v) is 3.91. The zero-order valence-electron chi connectivity index (χ0n) is 10.4. The Labute approximate surface area is 107 Å². The second-order valence-electron chi connectivity index (χ2n) is 3.91. The number of hydrogen-bond acceptors (Lipinski definition) is 4. The first-order valence-electron chi connectivity index (χ1n) is 6.06. The van der Waals surface area contributed by atoms with E-state index in [1.165, 1.54) is 5.56 Å². The number of nitrogens with two attached hydrogens (primary N) is 2. The van der Waals surface area contributed by atoms with E-state index in [1.54, 1.807) is 0 Å². The summed E-state index contributed by atoms with van der Waals surface area (Å²) in [5.41, 5.74) is 11.5. The van der Waals surface area contributed by atoms with Gasteiger partial charge in [0.15, 0.2) is 0 Å². The van der Waals surface area contributed by atoms with E-state index in [1.807, 2.05) is 24.3 Å². The molecule has 0 saturated carbocycles. The number of hydrogen-bond donors (Lipinski definition) is 2. The first kappa shape index (κ1) is 14.3. The first-order chi connectivity index (χ1) is 8.72. The van der Waals surface area contributed by atoms with E-state index < -0.39 is 6.09 Å². The maximum atomic E-state index is 10.3. The van der Waals surface area contributed by atoms with Gasteiger partial charge in [-0.1, -0.05) is 12.1 Å². The number of amides is 1. The SMILES string of the molecule is NCCc1ccc(OCCCCOC(N)=O)cc1. The molecular weight excluding hydrogens is 232 g/mol. The van der Waals surface area contributed by atoms with E-state index in [-0.39, 0.29) is 0 Å². The topological polar surface area (TPSA) is 87.6 Å². The summed E-state index contributed by atoms with van der Waals surface area (Å²) in [5, 5.41) is 0. The zero-order valence-corrected chi connectivity index (χ0v) is 10.4. The van der Waals surface area contributed by atoms with Crippen LogP contribution in [-0.2, 0) is 11.2 Å². The smallest absolute Gasteiger partial charge is 0.404 e. The number of primary amides is 1. The van der Waals surface area contributed by atoms with Crippen molar-refractivity contribution in [2.75, 3.05) is 19.8 Å². The minimum atomic E-state index is -0.730. The van der Waals surface area contributed by atoms with Crippen molar-refractivity contribution in [1.29, 1.82) is 0 Å². The van der Waals surface area contributed by atoms with Gasteiger partial charge < -0.3 is 20.9 Å². The highest BCUT2D eigenvalue weighted by atomic mass is 16.5. The van der Waals surface area contributed by atoms with Crippen molar-refractivity contribution in [2.45, 2.75) is 19.3 Å². The van der Waals surface area contributed by atoms with Crippen molar-refractivity contribution in [3.05, 3.63) is 29.8 Å². The van der Waals surface area contributed by atoms with Crippen molar-refractivity contribution in [1.82, 2.24) is 0 Å². The monoisotopic (exact) mass is 252 g/mol. The Bertz CT molecular complexity index is 352. The summed E-state index contributed by atoms with van der Waals surface area (Å²) in [4.78, 5) is 10.3. The van der Waals surface area contributed by atoms with Gasteiger partial charge in [-0.3, -0.25) is 0 Å². The molecule has 0 heterocycles. The van der Waals surface area contributed by atoms with Crippen LogP contribution in [0.5, 0.6) is 5.75 Å². The minimum Gasteiger partial charge on any atom is -0.494 e. The van der Waals surface area contributed by atoms with E-state index in [0.29, 0.717) is 19.8 Å². The van der Waals surface area contributed by atoms with E-state index >= 15 is 0 Å². The highest BCUT2D eigenvalue weighted by Crippen LogP contribution is 2.12.